The predicted molar refractivity (Wildman–Crippen MR) is 101 cm³/mol. The number of rotatable bonds is 3. The molecule has 2 N–H and O–H groups in total. The van der Waals surface area contributed by atoms with Gasteiger partial charge in [0.25, 0.3) is 11.6 Å². The highest BCUT2D eigenvalue weighted by Gasteiger charge is 2.34. The maximum absolute atomic E-state index is 13.7. The monoisotopic (exact) mass is 466 g/mol. The number of pyridine rings is 1. The summed E-state index contributed by atoms with van der Waals surface area (Å²) in [7, 11) is -2.66. The summed E-state index contributed by atoms with van der Waals surface area (Å²) in [6.07, 6.45) is -2.69. The third kappa shape index (κ3) is 4.32. The van der Waals surface area contributed by atoms with Crippen LogP contribution < -0.4 is 19.3 Å². The molecule has 3 rings (SSSR count). The molecule has 0 saturated heterocycles. The summed E-state index contributed by atoms with van der Waals surface area (Å²) in [5.74, 6) is -3.65. The van der Waals surface area contributed by atoms with E-state index in [0.717, 1.165) is 16.5 Å². The zero-order valence-electron chi connectivity index (χ0n) is 16.6. The van der Waals surface area contributed by atoms with Crippen molar-refractivity contribution < 1.29 is 44.7 Å². The topological polar surface area (TPSA) is 104 Å². The van der Waals surface area contributed by atoms with E-state index in [0.29, 0.717) is 19.2 Å². The van der Waals surface area contributed by atoms with E-state index in [1.165, 1.54) is 18.5 Å². The minimum atomic E-state index is -4.80. The first kappa shape index (κ1) is 24.5. The highest BCUT2D eigenvalue weighted by Crippen LogP contribution is 2.37. The van der Waals surface area contributed by atoms with Crippen LogP contribution in [0.2, 0.25) is 0 Å². The van der Waals surface area contributed by atoms with Crippen LogP contribution in [-0.4, -0.2) is 25.8 Å². The number of alkyl halides is 5. The summed E-state index contributed by atoms with van der Waals surface area (Å²) >= 11 is 0. The van der Waals surface area contributed by atoms with E-state index in [1.807, 2.05) is 0 Å². The van der Waals surface area contributed by atoms with Gasteiger partial charge in [0, 0.05) is 19.2 Å². The summed E-state index contributed by atoms with van der Waals surface area (Å²) in [5.41, 5.74) is -1.70. The first-order valence-electron chi connectivity index (χ1n) is 8.58. The van der Waals surface area contributed by atoms with Crippen LogP contribution in [0.5, 0.6) is 0 Å². The largest absolute Gasteiger partial charge is 0.657 e. The molecule has 0 radical (unpaired) electrons. The maximum atomic E-state index is 13.7. The molecule has 31 heavy (non-hydrogen) atoms. The number of allylic oxidation sites excluding steroid dienone is 2. The normalized spacial score (nSPS) is 17.0. The Balaban J connectivity index is 0.00000341. The summed E-state index contributed by atoms with van der Waals surface area (Å²) in [6.45, 7) is 5.64. The van der Waals surface area contributed by atoms with Crippen LogP contribution in [0.25, 0.3) is 22.2 Å². The fraction of sp³-hybridized carbons (Fsp3) is 0.333. The van der Waals surface area contributed by atoms with Crippen molar-refractivity contribution in [1.82, 2.24) is 4.98 Å². The fourth-order valence-electron chi connectivity index (χ4n) is 2.97. The van der Waals surface area contributed by atoms with Crippen molar-refractivity contribution in [3.63, 3.8) is 0 Å². The van der Waals surface area contributed by atoms with E-state index in [9.17, 15) is 30.4 Å². The van der Waals surface area contributed by atoms with Gasteiger partial charge < -0.3 is 10.8 Å². The highest BCUT2D eigenvalue weighted by atomic mass is 32.2. The molecule has 1 aliphatic heterocycles. The lowest BCUT2D eigenvalue weighted by molar-refractivity contribution is -0.709. The standard InChI is InChI=1S/C18H17F5N4O2S.H2O/c1-5-30(28,29)13-7-10(18(21,22)23)8-24-14(13)15-25-12-6-11(17(2,19)20)9-26(3)16(12)27(15)4;/h6-9H,3,5H2,1-2,4H3;1H2. The fourth-order valence-corrected chi connectivity index (χ4v) is 4.03. The molecule has 0 amide bonds. The number of hydrogen-bond donors (Lipinski definition) is 0. The van der Waals surface area contributed by atoms with Gasteiger partial charge in [-0.1, -0.05) is 11.9 Å². The number of aryl methyl sites for hydroxylation is 1. The Morgan fingerprint density at radius 3 is 2.32 bits per heavy atom. The molecule has 1 aliphatic rings. The van der Waals surface area contributed by atoms with Gasteiger partial charge in [-0.3, -0.25) is 0 Å². The van der Waals surface area contributed by atoms with Gasteiger partial charge in [-0.25, -0.2) is 26.0 Å². The average Bonchev–Trinajstić information content (AvgIpc) is 2.96. The van der Waals surface area contributed by atoms with Gasteiger partial charge >= 0.3 is 6.18 Å². The minimum absolute atomic E-state index is 0. The average molecular weight is 466 g/mol. The summed E-state index contributed by atoms with van der Waals surface area (Å²) in [4.78, 5) is 3.53. The van der Waals surface area contributed by atoms with Gasteiger partial charge in [0.05, 0.1) is 29.5 Å². The lowest BCUT2D eigenvalue weighted by Gasteiger charge is -2.28. The zero-order valence-corrected chi connectivity index (χ0v) is 17.4. The number of nitrogens with zero attached hydrogens (tertiary/aromatic N) is 4. The second kappa shape index (κ2) is 7.71. The molecule has 13 heteroatoms. The predicted octanol–water partition coefficient (Wildman–Crippen LogP) is 1.10. The summed E-state index contributed by atoms with van der Waals surface area (Å²) < 4.78 is 94.3. The number of imidazole rings is 1. The number of aromatic nitrogens is 3. The van der Waals surface area contributed by atoms with Gasteiger partial charge in [0.15, 0.2) is 9.84 Å². The van der Waals surface area contributed by atoms with Crippen molar-refractivity contribution >= 4 is 26.7 Å². The van der Waals surface area contributed by atoms with E-state index >= 15 is 0 Å². The maximum Gasteiger partial charge on any atom is 0.414 e. The Labute approximate surface area is 173 Å². The Morgan fingerprint density at radius 1 is 1.19 bits per heavy atom. The van der Waals surface area contributed by atoms with E-state index in [4.69, 9.17) is 0 Å². The molecule has 2 aromatic rings. The minimum Gasteiger partial charge on any atom is -0.657 e. The Morgan fingerprint density at radius 2 is 1.81 bits per heavy atom. The van der Waals surface area contributed by atoms with Crippen LogP contribution in [0.3, 0.4) is 0 Å². The second-order valence-electron chi connectivity index (χ2n) is 6.76. The molecule has 2 aromatic heterocycles. The van der Waals surface area contributed by atoms with Crippen molar-refractivity contribution in [2.75, 3.05) is 5.75 Å². The molecule has 0 fully saturated rings. The molecule has 0 atom stereocenters. The number of sulfone groups is 1. The highest BCUT2D eigenvalue weighted by molar-refractivity contribution is 7.95. The first-order chi connectivity index (χ1) is 13.7. The van der Waals surface area contributed by atoms with Gasteiger partial charge in [0.1, 0.15) is 0 Å². The third-order valence-electron chi connectivity index (χ3n) is 4.56. The van der Waals surface area contributed by atoms with Crippen molar-refractivity contribution in [1.29, 1.82) is 0 Å². The molecule has 0 aliphatic carbocycles. The SMILES string of the molecule is C=[n+]1cc(C(C)(F)F)cc2[n-]c(=C3[N-]C=C(C(F)(F)F)C=C3S(=O)(=O)CC)[n+](C)c21.O. The van der Waals surface area contributed by atoms with Crippen LogP contribution in [0.1, 0.15) is 19.4 Å². The summed E-state index contributed by atoms with van der Waals surface area (Å²) in [6, 6.07) is 1.11. The number of hydrogen-bond acceptors (Lipinski definition) is 2. The zero-order chi connectivity index (χ0) is 22.6. The molecular formula is C18H19F5N4O3S. The van der Waals surface area contributed by atoms with E-state index in [-0.39, 0.29) is 33.4 Å². The van der Waals surface area contributed by atoms with Crippen LogP contribution in [-0.2, 0) is 22.8 Å². The van der Waals surface area contributed by atoms with Crippen molar-refractivity contribution in [2.24, 2.45) is 7.05 Å². The Hall–Kier alpha value is -2.80. The van der Waals surface area contributed by atoms with E-state index in [1.54, 1.807) is 0 Å². The molecule has 7 nitrogen and oxygen atoms in total. The molecular weight excluding hydrogens is 447 g/mol. The summed E-state index contributed by atoms with van der Waals surface area (Å²) in [5, 5.41) is 3.73. The Kier molecular flexibility index (Phi) is 6.09. The van der Waals surface area contributed by atoms with Crippen LogP contribution in [0.4, 0.5) is 22.0 Å². The van der Waals surface area contributed by atoms with Crippen LogP contribution >= 0.6 is 0 Å². The van der Waals surface area contributed by atoms with Crippen molar-refractivity contribution in [2.45, 2.75) is 25.9 Å². The number of halogens is 5. The molecule has 170 valence electrons. The number of fused-ring (bicyclic) bond motifs is 1. The third-order valence-corrected chi connectivity index (χ3v) is 6.31. The van der Waals surface area contributed by atoms with Crippen molar-refractivity contribution in [3.05, 3.63) is 58.1 Å². The van der Waals surface area contributed by atoms with Gasteiger partial charge in [-0.05, 0) is 17.8 Å². The van der Waals surface area contributed by atoms with Crippen molar-refractivity contribution in [3.8, 4) is 0 Å². The quantitative estimate of drug-likeness (QED) is 0.500. The van der Waals surface area contributed by atoms with Crippen LogP contribution in [0.15, 0.2) is 35.0 Å². The molecule has 0 unspecified atom stereocenters. The Bertz CT molecular complexity index is 1320. The first-order valence-corrected chi connectivity index (χ1v) is 10.2. The molecule has 0 bridgehead atoms. The lowest BCUT2D eigenvalue weighted by atomic mass is 10.1. The van der Waals surface area contributed by atoms with Gasteiger partial charge in [-0.2, -0.15) is 19.4 Å². The van der Waals surface area contributed by atoms with E-state index in [2.05, 4.69) is 17.0 Å². The molecule has 3 heterocycles. The molecule has 0 saturated carbocycles. The van der Waals surface area contributed by atoms with Crippen LogP contribution in [0, 0.1) is 6.72 Å². The smallest absolute Gasteiger partial charge is 0.414 e. The van der Waals surface area contributed by atoms with E-state index < -0.39 is 38.2 Å². The molecule has 0 spiro atoms. The lowest BCUT2D eigenvalue weighted by Crippen LogP contribution is -2.50. The second-order valence-corrected chi connectivity index (χ2v) is 9.01. The van der Waals surface area contributed by atoms with Gasteiger partial charge in [0.2, 0.25) is 11.0 Å². The molecule has 0 aromatic carbocycles. The van der Waals surface area contributed by atoms with Gasteiger partial charge in [-0.15, -0.1) is 0 Å².